The van der Waals surface area contributed by atoms with E-state index in [2.05, 4.69) is 10.6 Å². The maximum Gasteiger partial charge on any atom is 0.251 e. The van der Waals surface area contributed by atoms with Crippen LogP contribution in [0.25, 0.3) is 0 Å². The Labute approximate surface area is 141 Å². The van der Waals surface area contributed by atoms with Crippen molar-refractivity contribution in [1.29, 1.82) is 0 Å². The SMILES string of the molecule is CC(C)C(NC(=O)c1ccc(F)cc1)C(=O)NC(CCO)C1CC1. The quantitative estimate of drug-likeness (QED) is 0.678. The summed E-state index contributed by atoms with van der Waals surface area (Å²) in [5.74, 6) is -0.745. The van der Waals surface area contributed by atoms with E-state index in [1.54, 1.807) is 0 Å². The first kappa shape index (κ1) is 18.4. The van der Waals surface area contributed by atoms with Crippen molar-refractivity contribution < 1.29 is 19.1 Å². The Hall–Kier alpha value is -1.95. The van der Waals surface area contributed by atoms with Crippen LogP contribution in [0.1, 0.15) is 43.5 Å². The van der Waals surface area contributed by atoms with E-state index < -0.39 is 17.8 Å². The summed E-state index contributed by atoms with van der Waals surface area (Å²) in [6, 6.07) is 4.47. The minimum atomic E-state index is -0.678. The van der Waals surface area contributed by atoms with E-state index in [1.807, 2.05) is 13.8 Å². The smallest absolute Gasteiger partial charge is 0.251 e. The number of amides is 2. The van der Waals surface area contributed by atoms with Crippen molar-refractivity contribution in [3.63, 3.8) is 0 Å². The molecule has 1 fully saturated rings. The number of halogens is 1. The number of hydrogen-bond donors (Lipinski definition) is 3. The van der Waals surface area contributed by atoms with Crippen LogP contribution in [0.2, 0.25) is 0 Å². The predicted octanol–water partition coefficient (Wildman–Crippen LogP) is 1.86. The second kappa shape index (κ2) is 8.24. The predicted molar refractivity (Wildman–Crippen MR) is 88.8 cm³/mol. The summed E-state index contributed by atoms with van der Waals surface area (Å²) in [4.78, 5) is 24.8. The molecule has 2 rings (SSSR count). The maximum absolute atomic E-state index is 13.0. The lowest BCUT2D eigenvalue weighted by molar-refractivity contribution is -0.124. The van der Waals surface area contributed by atoms with Gasteiger partial charge in [0.05, 0.1) is 0 Å². The number of benzene rings is 1. The molecule has 0 saturated heterocycles. The van der Waals surface area contributed by atoms with E-state index in [0.717, 1.165) is 12.8 Å². The van der Waals surface area contributed by atoms with Crippen molar-refractivity contribution >= 4 is 11.8 Å². The average molecular weight is 336 g/mol. The zero-order valence-corrected chi connectivity index (χ0v) is 14.1. The molecular weight excluding hydrogens is 311 g/mol. The molecule has 0 bridgehead atoms. The van der Waals surface area contributed by atoms with Gasteiger partial charge in [-0.1, -0.05) is 13.8 Å². The largest absolute Gasteiger partial charge is 0.396 e. The Morgan fingerprint density at radius 2 is 1.83 bits per heavy atom. The number of aliphatic hydroxyl groups is 1. The van der Waals surface area contributed by atoms with E-state index in [1.165, 1.54) is 24.3 Å². The minimum absolute atomic E-state index is 0.0235. The number of carbonyl (C=O) groups excluding carboxylic acids is 2. The van der Waals surface area contributed by atoms with Gasteiger partial charge in [-0.15, -0.1) is 0 Å². The van der Waals surface area contributed by atoms with Crippen molar-refractivity contribution in [3.05, 3.63) is 35.6 Å². The molecule has 132 valence electrons. The summed E-state index contributed by atoms with van der Waals surface area (Å²) in [5.41, 5.74) is 0.309. The van der Waals surface area contributed by atoms with Gasteiger partial charge >= 0.3 is 0 Å². The molecule has 24 heavy (non-hydrogen) atoms. The summed E-state index contributed by atoms with van der Waals surface area (Å²) in [7, 11) is 0. The molecular formula is C18H25FN2O3. The van der Waals surface area contributed by atoms with Crippen LogP contribution in [0.4, 0.5) is 4.39 Å². The van der Waals surface area contributed by atoms with Crippen LogP contribution in [-0.2, 0) is 4.79 Å². The molecule has 1 aliphatic carbocycles. The molecule has 1 saturated carbocycles. The molecule has 2 atom stereocenters. The normalized spacial score (nSPS) is 16.5. The molecule has 3 N–H and O–H groups in total. The fraction of sp³-hybridized carbons (Fsp3) is 0.556. The van der Waals surface area contributed by atoms with Crippen LogP contribution >= 0.6 is 0 Å². The lowest BCUT2D eigenvalue weighted by Crippen LogP contribution is -2.52. The standard InChI is InChI=1S/C18H25FN2O3/c1-11(2)16(18(24)20-15(9-10-22)12-3-4-12)21-17(23)13-5-7-14(19)8-6-13/h5-8,11-12,15-16,22H,3-4,9-10H2,1-2H3,(H,20,24)(H,21,23). The van der Waals surface area contributed by atoms with Gasteiger partial charge in [-0.25, -0.2) is 4.39 Å². The summed E-state index contributed by atoms with van der Waals surface area (Å²) >= 11 is 0. The molecule has 1 aromatic rings. The van der Waals surface area contributed by atoms with Crippen molar-refractivity contribution in [3.8, 4) is 0 Å². The van der Waals surface area contributed by atoms with E-state index in [-0.39, 0.29) is 24.5 Å². The van der Waals surface area contributed by atoms with Gasteiger partial charge in [0, 0.05) is 18.2 Å². The van der Waals surface area contributed by atoms with E-state index in [4.69, 9.17) is 5.11 Å². The molecule has 0 spiro atoms. The third-order valence-corrected chi connectivity index (χ3v) is 4.30. The first-order valence-corrected chi connectivity index (χ1v) is 8.40. The van der Waals surface area contributed by atoms with Crippen LogP contribution in [0.15, 0.2) is 24.3 Å². The number of nitrogens with one attached hydrogen (secondary N) is 2. The summed E-state index contributed by atoms with van der Waals surface area (Å²) < 4.78 is 13.0. The Balaban J connectivity index is 2.00. The highest BCUT2D eigenvalue weighted by Gasteiger charge is 2.34. The van der Waals surface area contributed by atoms with Gasteiger partial charge in [0.15, 0.2) is 0 Å². The van der Waals surface area contributed by atoms with E-state index >= 15 is 0 Å². The molecule has 0 radical (unpaired) electrons. The zero-order valence-electron chi connectivity index (χ0n) is 14.1. The van der Waals surface area contributed by atoms with Gasteiger partial charge in [-0.05, 0) is 55.4 Å². The van der Waals surface area contributed by atoms with Crippen molar-refractivity contribution in [2.24, 2.45) is 11.8 Å². The Kier molecular flexibility index (Phi) is 6.31. The Morgan fingerprint density at radius 3 is 2.33 bits per heavy atom. The third kappa shape index (κ3) is 5.03. The maximum atomic E-state index is 13.0. The van der Waals surface area contributed by atoms with Gasteiger partial charge in [0.25, 0.3) is 5.91 Å². The van der Waals surface area contributed by atoms with Crippen LogP contribution in [0.5, 0.6) is 0 Å². The van der Waals surface area contributed by atoms with Gasteiger partial charge < -0.3 is 15.7 Å². The molecule has 5 nitrogen and oxygen atoms in total. The number of rotatable bonds is 8. The second-order valence-corrected chi connectivity index (χ2v) is 6.67. The summed E-state index contributed by atoms with van der Waals surface area (Å²) in [6.07, 6.45) is 2.63. The highest BCUT2D eigenvalue weighted by atomic mass is 19.1. The first-order chi connectivity index (χ1) is 11.4. The average Bonchev–Trinajstić information content (AvgIpc) is 3.37. The second-order valence-electron chi connectivity index (χ2n) is 6.67. The molecule has 0 aliphatic heterocycles. The van der Waals surface area contributed by atoms with Crippen molar-refractivity contribution in [1.82, 2.24) is 10.6 Å². The topological polar surface area (TPSA) is 78.4 Å². The fourth-order valence-electron chi connectivity index (χ4n) is 2.70. The fourth-order valence-corrected chi connectivity index (χ4v) is 2.70. The van der Waals surface area contributed by atoms with Crippen molar-refractivity contribution in [2.75, 3.05) is 6.61 Å². The molecule has 0 heterocycles. The highest BCUT2D eigenvalue weighted by Crippen LogP contribution is 2.34. The van der Waals surface area contributed by atoms with Gasteiger partial charge in [0.1, 0.15) is 11.9 Å². The van der Waals surface area contributed by atoms with Gasteiger partial charge in [-0.2, -0.15) is 0 Å². The Bertz CT molecular complexity index is 570. The zero-order chi connectivity index (χ0) is 17.7. The molecule has 1 aliphatic rings. The molecule has 2 amide bonds. The molecule has 1 aromatic carbocycles. The van der Waals surface area contributed by atoms with Gasteiger partial charge in [0.2, 0.25) is 5.91 Å². The van der Waals surface area contributed by atoms with Gasteiger partial charge in [-0.3, -0.25) is 9.59 Å². The summed E-state index contributed by atoms with van der Waals surface area (Å²) in [6.45, 7) is 3.73. The molecule has 6 heteroatoms. The molecule has 0 aromatic heterocycles. The van der Waals surface area contributed by atoms with Crippen LogP contribution in [0, 0.1) is 17.7 Å². The highest BCUT2D eigenvalue weighted by molar-refractivity contribution is 5.97. The lowest BCUT2D eigenvalue weighted by atomic mass is 10.0. The third-order valence-electron chi connectivity index (χ3n) is 4.30. The van der Waals surface area contributed by atoms with Crippen molar-refractivity contribution in [2.45, 2.75) is 45.2 Å². The number of carbonyl (C=O) groups is 2. The monoisotopic (exact) mass is 336 g/mol. The van der Waals surface area contributed by atoms with Crippen LogP contribution in [-0.4, -0.2) is 35.6 Å². The number of hydrogen-bond acceptors (Lipinski definition) is 3. The van der Waals surface area contributed by atoms with E-state index in [0.29, 0.717) is 17.9 Å². The Morgan fingerprint density at radius 1 is 1.21 bits per heavy atom. The minimum Gasteiger partial charge on any atom is -0.396 e. The van der Waals surface area contributed by atoms with Crippen LogP contribution < -0.4 is 10.6 Å². The van der Waals surface area contributed by atoms with E-state index in [9.17, 15) is 14.0 Å². The number of aliphatic hydroxyl groups excluding tert-OH is 1. The first-order valence-electron chi connectivity index (χ1n) is 8.40. The lowest BCUT2D eigenvalue weighted by Gasteiger charge is -2.25. The summed E-state index contributed by atoms with van der Waals surface area (Å²) in [5, 5.41) is 14.8. The van der Waals surface area contributed by atoms with Crippen LogP contribution in [0.3, 0.4) is 0 Å². The molecule has 2 unspecified atom stereocenters.